The van der Waals surface area contributed by atoms with Crippen molar-refractivity contribution >= 4 is 0 Å². The fraction of sp³-hybridized carbons (Fsp3) is 1.00. The van der Waals surface area contributed by atoms with E-state index in [0.29, 0.717) is 12.6 Å². The standard InChI is InChI=1S/C11H26N2O/c1-10(2)13(4)8-6-5-7-12-9-11(3)14/h10-12,14H,5-9H2,1-4H3/t11-/m1/s1. The highest BCUT2D eigenvalue weighted by Gasteiger charge is 2.01. The molecule has 14 heavy (non-hydrogen) atoms. The van der Waals surface area contributed by atoms with Crippen LogP contribution in [0.15, 0.2) is 0 Å². The number of nitrogens with one attached hydrogen (secondary N) is 1. The summed E-state index contributed by atoms with van der Waals surface area (Å²) < 4.78 is 0. The molecule has 3 heteroatoms. The topological polar surface area (TPSA) is 35.5 Å². The second-order valence-corrected chi connectivity index (χ2v) is 4.33. The largest absolute Gasteiger partial charge is 0.392 e. The van der Waals surface area contributed by atoms with Crippen LogP contribution < -0.4 is 5.32 Å². The Morgan fingerprint density at radius 3 is 2.36 bits per heavy atom. The smallest absolute Gasteiger partial charge is 0.0636 e. The van der Waals surface area contributed by atoms with Crippen LogP contribution >= 0.6 is 0 Å². The monoisotopic (exact) mass is 202 g/mol. The van der Waals surface area contributed by atoms with Gasteiger partial charge in [0, 0.05) is 12.6 Å². The zero-order chi connectivity index (χ0) is 11.0. The van der Waals surface area contributed by atoms with Gasteiger partial charge in [0.1, 0.15) is 0 Å². The van der Waals surface area contributed by atoms with Crippen LogP contribution in [0.5, 0.6) is 0 Å². The number of hydrogen-bond acceptors (Lipinski definition) is 3. The summed E-state index contributed by atoms with van der Waals surface area (Å²) in [6.45, 7) is 9.11. The van der Waals surface area contributed by atoms with Gasteiger partial charge in [0.25, 0.3) is 0 Å². The lowest BCUT2D eigenvalue weighted by atomic mass is 10.2. The molecule has 0 bridgehead atoms. The molecule has 0 aromatic rings. The fourth-order valence-corrected chi connectivity index (χ4v) is 1.18. The van der Waals surface area contributed by atoms with Crippen molar-refractivity contribution in [1.29, 1.82) is 0 Å². The van der Waals surface area contributed by atoms with Crippen molar-refractivity contribution in [3.05, 3.63) is 0 Å². The SMILES string of the molecule is CC(C)N(C)CCCCNC[C@@H](C)O. The van der Waals surface area contributed by atoms with E-state index in [1.807, 2.05) is 0 Å². The van der Waals surface area contributed by atoms with Crippen LogP contribution in [0.2, 0.25) is 0 Å². The lowest BCUT2D eigenvalue weighted by molar-refractivity contribution is 0.191. The van der Waals surface area contributed by atoms with Crippen LogP contribution in [-0.4, -0.2) is 48.8 Å². The van der Waals surface area contributed by atoms with Crippen molar-refractivity contribution in [2.45, 2.75) is 45.8 Å². The minimum Gasteiger partial charge on any atom is -0.392 e. The Hall–Kier alpha value is -0.120. The van der Waals surface area contributed by atoms with E-state index in [-0.39, 0.29) is 6.10 Å². The first-order valence-electron chi connectivity index (χ1n) is 5.63. The predicted molar refractivity (Wildman–Crippen MR) is 61.6 cm³/mol. The predicted octanol–water partition coefficient (Wildman–Crippen LogP) is 1.08. The average Bonchev–Trinajstić information content (AvgIpc) is 2.09. The van der Waals surface area contributed by atoms with Crippen LogP contribution in [0.25, 0.3) is 0 Å². The normalized spacial score (nSPS) is 13.9. The first kappa shape index (κ1) is 13.9. The molecule has 0 aliphatic rings. The molecule has 1 atom stereocenters. The van der Waals surface area contributed by atoms with Gasteiger partial charge in [0.15, 0.2) is 0 Å². The van der Waals surface area contributed by atoms with E-state index in [0.717, 1.165) is 13.1 Å². The van der Waals surface area contributed by atoms with Crippen LogP contribution in [0.4, 0.5) is 0 Å². The molecule has 0 spiro atoms. The Bertz CT molecular complexity index is 126. The molecule has 0 aromatic carbocycles. The summed E-state index contributed by atoms with van der Waals surface area (Å²) in [6, 6.07) is 0.639. The highest BCUT2D eigenvalue weighted by molar-refractivity contribution is 4.58. The molecular formula is C11H26N2O. The van der Waals surface area contributed by atoms with Crippen LogP contribution in [0.3, 0.4) is 0 Å². The molecule has 0 saturated heterocycles. The van der Waals surface area contributed by atoms with Crippen LogP contribution in [0, 0.1) is 0 Å². The molecule has 0 amide bonds. The Kier molecular flexibility index (Phi) is 8.14. The molecule has 0 fully saturated rings. The van der Waals surface area contributed by atoms with E-state index in [2.05, 4.69) is 31.1 Å². The maximum atomic E-state index is 9.00. The average molecular weight is 202 g/mol. The van der Waals surface area contributed by atoms with Crippen LogP contribution in [0.1, 0.15) is 33.6 Å². The van der Waals surface area contributed by atoms with Crippen molar-refractivity contribution in [3.8, 4) is 0 Å². The minimum absolute atomic E-state index is 0.228. The molecule has 0 heterocycles. The van der Waals surface area contributed by atoms with E-state index in [1.165, 1.54) is 12.8 Å². The Balaban J connectivity index is 3.13. The van der Waals surface area contributed by atoms with Gasteiger partial charge >= 0.3 is 0 Å². The van der Waals surface area contributed by atoms with Crippen molar-refractivity contribution in [1.82, 2.24) is 10.2 Å². The zero-order valence-electron chi connectivity index (χ0n) is 10.1. The van der Waals surface area contributed by atoms with Crippen molar-refractivity contribution in [3.63, 3.8) is 0 Å². The van der Waals surface area contributed by atoms with Crippen molar-refractivity contribution < 1.29 is 5.11 Å². The summed E-state index contributed by atoms with van der Waals surface area (Å²) in [5.41, 5.74) is 0. The first-order valence-corrected chi connectivity index (χ1v) is 5.63. The van der Waals surface area contributed by atoms with E-state index in [9.17, 15) is 0 Å². The van der Waals surface area contributed by atoms with Gasteiger partial charge in [-0.1, -0.05) is 0 Å². The van der Waals surface area contributed by atoms with Gasteiger partial charge in [-0.2, -0.15) is 0 Å². The number of aliphatic hydroxyl groups is 1. The Morgan fingerprint density at radius 2 is 1.86 bits per heavy atom. The number of hydrogen-bond donors (Lipinski definition) is 2. The highest BCUT2D eigenvalue weighted by atomic mass is 16.3. The summed E-state index contributed by atoms with van der Waals surface area (Å²) in [6.07, 6.45) is 2.18. The van der Waals surface area contributed by atoms with Gasteiger partial charge < -0.3 is 15.3 Å². The number of rotatable bonds is 8. The molecule has 0 saturated carbocycles. The first-order chi connectivity index (χ1) is 6.54. The third kappa shape index (κ3) is 8.48. The maximum absolute atomic E-state index is 9.00. The quantitative estimate of drug-likeness (QED) is 0.578. The third-order valence-electron chi connectivity index (χ3n) is 2.44. The van der Waals surface area contributed by atoms with E-state index >= 15 is 0 Å². The van der Waals surface area contributed by atoms with Crippen molar-refractivity contribution in [2.75, 3.05) is 26.7 Å². The zero-order valence-corrected chi connectivity index (χ0v) is 10.1. The number of aliphatic hydroxyl groups excluding tert-OH is 1. The van der Waals surface area contributed by atoms with E-state index < -0.39 is 0 Å². The summed E-state index contributed by atoms with van der Waals surface area (Å²) in [4.78, 5) is 2.36. The second-order valence-electron chi connectivity index (χ2n) is 4.33. The lowest BCUT2D eigenvalue weighted by Gasteiger charge is -2.20. The van der Waals surface area contributed by atoms with Gasteiger partial charge in [0.05, 0.1) is 6.10 Å². The molecule has 0 unspecified atom stereocenters. The second kappa shape index (κ2) is 8.21. The van der Waals surface area contributed by atoms with Gasteiger partial charge in [-0.15, -0.1) is 0 Å². The molecule has 3 nitrogen and oxygen atoms in total. The highest BCUT2D eigenvalue weighted by Crippen LogP contribution is 1.97. The van der Waals surface area contributed by atoms with Crippen molar-refractivity contribution in [2.24, 2.45) is 0 Å². The van der Waals surface area contributed by atoms with Gasteiger partial charge in [-0.3, -0.25) is 0 Å². The summed E-state index contributed by atoms with van der Waals surface area (Å²) in [7, 11) is 2.16. The fourth-order valence-electron chi connectivity index (χ4n) is 1.18. The molecule has 0 rings (SSSR count). The Morgan fingerprint density at radius 1 is 1.21 bits per heavy atom. The maximum Gasteiger partial charge on any atom is 0.0636 e. The summed E-state index contributed by atoms with van der Waals surface area (Å²) in [5, 5.41) is 12.2. The van der Waals surface area contributed by atoms with Gasteiger partial charge in [-0.05, 0) is 53.8 Å². The molecule has 0 aliphatic carbocycles. The summed E-state index contributed by atoms with van der Waals surface area (Å²) >= 11 is 0. The lowest BCUT2D eigenvalue weighted by Crippen LogP contribution is -2.29. The third-order valence-corrected chi connectivity index (χ3v) is 2.44. The molecule has 2 N–H and O–H groups in total. The van der Waals surface area contributed by atoms with Gasteiger partial charge in [0.2, 0.25) is 0 Å². The molecule has 0 radical (unpaired) electrons. The molecular weight excluding hydrogens is 176 g/mol. The van der Waals surface area contributed by atoms with E-state index in [4.69, 9.17) is 5.11 Å². The molecule has 86 valence electrons. The number of nitrogens with zero attached hydrogens (tertiary/aromatic N) is 1. The molecule has 0 aliphatic heterocycles. The minimum atomic E-state index is -0.228. The van der Waals surface area contributed by atoms with Crippen LogP contribution in [-0.2, 0) is 0 Å². The Labute approximate surface area is 88.5 Å². The molecule has 0 aromatic heterocycles. The summed E-state index contributed by atoms with van der Waals surface area (Å²) in [5.74, 6) is 0. The number of unbranched alkanes of at least 4 members (excludes halogenated alkanes) is 1. The van der Waals surface area contributed by atoms with E-state index in [1.54, 1.807) is 6.92 Å². The van der Waals surface area contributed by atoms with Gasteiger partial charge in [-0.25, -0.2) is 0 Å².